The highest BCUT2D eigenvalue weighted by atomic mass is 35.5. The normalized spacial score (nSPS) is 31.6. The maximum atomic E-state index is 12.8. The van der Waals surface area contributed by atoms with Gasteiger partial charge in [-0.05, 0) is 25.7 Å². The molecule has 4 heterocycles. The number of ether oxygens (including phenoxy) is 1. The molecule has 7 heteroatoms. The molecule has 3 aliphatic rings. The molecule has 0 radical (unpaired) electrons. The highest BCUT2D eigenvalue weighted by Crippen LogP contribution is 2.41. The van der Waals surface area contributed by atoms with E-state index in [0.717, 1.165) is 25.7 Å². The Morgan fingerprint density at radius 1 is 1.18 bits per heavy atom. The molecule has 2 bridgehead atoms. The molecule has 0 aromatic carbocycles. The minimum atomic E-state index is 0.202. The monoisotopic (exact) mass is 324 g/mol. The van der Waals surface area contributed by atoms with Gasteiger partial charge in [0.05, 0.1) is 30.5 Å². The summed E-state index contributed by atoms with van der Waals surface area (Å²) in [7, 11) is 0. The van der Waals surface area contributed by atoms with E-state index in [2.05, 4.69) is 10.00 Å². The van der Waals surface area contributed by atoms with Gasteiger partial charge in [0.1, 0.15) is 0 Å². The Morgan fingerprint density at radius 2 is 1.86 bits per heavy atom. The van der Waals surface area contributed by atoms with Crippen LogP contribution in [0, 0.1) is 0 Å². The Bertz CT molecular complexity index is 543. The Morgan fingerprint density at radius 3 is 2.45 bits per heavy atom. The summed E-state index contributed by atoms with van der Waals surface area (Å²) in [6.07, 6.45) is 7.74. The molecule has 4 rings (SSSR count). The minimum absolute atomic E-state index is 0.202. The van der Waals surface area contributed by atoms with Crippen molar-refractivity contribution in [3.63, 3.8) is 0 Å². The lowest BCUT2D eigenvalue weighted by atomic mass is 9.98. The zero-order chi connectivity index (χ0) is 15.1. The van der Waals surface area contributed by atoms with Gasteiger partial charge in [-0.2, -0.15) is 5.10 Å². The average Bonchev–Trinajstić information content (AvgIpc) is 3.09. The van der Waals surface area contributed by atoms with Gasteiger partial charge < -0.3 is 14.5 Å². The second-order valence-corrected chi connectivity index (χ2v) is 6.87. The molecule has 0 saturated carbocycles. The summed E-state index contributed by atoms with van der Waals surface area (Å²) in [5.41, 5.74) is 0. The Hall–Kier alpha value is -1.27. The van der Waals surface area contributed by atoms with E-state index in [-0.39, 0.29) is 6.03 Å². The second kappa shape index (κ2) is 5.74. The predicted molar refractivity (Wildman–Crippen MR) is 81.9 cm³/mol. The van der Waals surface area contributed by atoms with Crippen LogP contribution < -0.4 is 0 Å². The molecule has 0 N–H and O–H groups in total. The molecule has 22 heavy (non-hydrogen) atoms. The Labute approximate surface area is 134 Å². The smallest absolute Gasteiger partial charge is 0.320 e. The largest absolute Gasteiger partial charge is 0.378 e. The van der Waals surface area contributed by atoms with Crippen molar-refractivity contribution in [1.29, 1.82) is 0 Å². The van der Waals surface area contributed by atoms with Gasteiger partial charge in [0, 0.05) is 31.4 Å². The van der Waals surface area contributed by atoms with Crippen LogP contribution in [0.2, 0.25) is 5.02 Å². The summed E-state index contributed by atoms with van der Waals surface area (Å²) >= 11 is 5.98. The van der Waals surface area contributed by atoms with Crippen LogP contribution in [-0.4, -0.2) is 64.0 Å². The molecule has 3 aliphatic heterocycles. The molecule has 1 aromatic rings. The molecule has 0 spiro atoms. The van der Waals surface area contributed by atoms with Crippen LogP contribution in [0.15, 0.2) is 12.4 Å². The topological polar surface area (TPSA) is 50.6 Å². The van der Waals surface area contributed by atoms with Gasteiger partial charge in [-0.15, -0.1) is 0 Å². The fourth-order valence-electron chi connectivity index (χ4n) is 4.11. The number of amides is 2. The fraction of sp³-hybridized carbons (Fsp3) is 0.733. The molecular formula is C15H21ClN4O2. The van der Waals surface area contributed by atoms with E-state index in [1.165, 1.54) is 0 Å². The molecule has 1 aromatic heterocycles. The quantitative estimate of drug-likeness (QED) is 0.795. The molecule has 3 saturated heterocycles. The van der Waals surface area contributed by atoms with Crippen LogP contribution >= 0.6 is 11.6 Å². The number of urea groups is 1. The zero-order valence-corrected chi connectivity index (χ0v) is 13.3. The highest BCUT2D eigenvalue weighted by molar-refractivity contribution is 6.30. The van der Waals surface area contributed by atoms with E-state index in [4.69, 9.17) is 16.3 Å². The summed E-state index contributed by atoms with van der Waals surface area (Å²) < 4.78 is 7.32. The lowest BCUT2D eigenvalue weighted by molar-refractivity contribution is 0.0305. The molecular weight excluding hydrogens is 304 g/mol. The number of hydrogen-bond acceptors (Lipinski definition) is 3. The molecule has 0 aliphatic carbocycles. The van der Waals surface area contributed by atoms with Gasteiger partial charge >= 0.3 is 6.03 Å². The summed E-state index contributed by atoms with van der Waals surface area (Å²) in [6, 6.07) is 1.23. The lowest BCUT2D eigenvalue weighted by Crippen LogP contribution is -2.54. The van der Waals surface area contributed by atoms with Crippen molar-refractivity contribution >= 4 is 17.6 Å². The standard InChI is InChI=1S/C15H21ClN4O2/c16-11-9-17-19(10-11)14-7-12-1-2-13(8-14)20(12)15(21)18-3-5-22-6-4-18/h9-10,12-14H,1-8H2. The number of morpholine rings is 1. The van der Waals surface area contributed by atoms with Crippen LogP contribution in [0.25, 0.3) is 0 Å². The van der Waals surface area contributed by atoms with Gasteiger partial charge in [-0.3, -0.25) is 4.68 Å². The van der Waals surface area contributed by atoms with Gasteiger partial charge in [0.2, 0.25) is 0 Å². The minimum Gasteiger partial charge on any atom is -0.378 e. The Kier molecular flexibility index (Phi) is 3.74. The number of nitrogens with zero attached hydrogens (tertiary/aromatic N) is 4. The first kappa shape index (κ1) is 14.3. The van der Waals surface area contributed by atoms with Crippen LogP contribution in [-0.2, 0) is 4.74 Å². The predicted octanol–water partition coefficient (Wildman–Crippen LogP) is 2.16. The van der Waals surface area contributed by atoms with E-state index in [0.29, 0.717) is 49.5 Å². The summed E-state index contributed by atoms with van der Waals surface area (Å²) in [4.78, 5) is 16.9. The first-order valence-electron chi connectivity index (χ1n) is 8.07. The van der Waals surface area contributed by atoms with E-state index in [1.807, 2.05) is 15.8 Å². The van der Waals surface area contributed by atoms with Gasteiger partial charge in [0.25, 0.3) is 0 Å². The molecule has 120 valence electrons. The number of carbonyl (C=O) groups is 1. The number of hydrogen-bond donors (Lipinski definition) is 0. The first-order valence-corrected chi connectivity index (χ1v) is 8.45. The molecule has 2 atom stereocenters. The van der Waals surface area contributed by atoms with E-state index < -0.39 is 0 Å². The third kappa shape index (κ3) is 2.48. The van der Waals surface area contributed by atoms with E-state index in [9.17, 15) is 4.79 Å². The van der Waals surface area contributed by atoms with Crippen molar-refractivity contribution < 1.29 is 9.53 Å². The number of rotatable bonds is 1. The van der Waals surface area contributed by atoms with E-state index in [1.54, 1.807) is 6.20 Å². The van der Waals surface area contributed by atoms with Crippen molar-refractivity contribution in [3.05, 3.63) is 17.4 Å². The second-order valence-electron chi connectivity index (χ2n) is 6.44. The van der Waals surface area contributed by atoms with Crippen molar-refractivity contribution in [3.8, 4) is 0 Å². The third-order valence-electron chi connectivity index (χ3n) is 5.15. The van der Waals surface area contributed by atoms with Gasteiger partial charge in [0.15, 0.2) is 0 Å². The van der Waals surface area contributed by atoms with Crippen LogP contribution in [0.1, 0.15) is 31.7 Å². The van der Waals surface area contributed by atoms with Crippen LogP contribution in [0.3, 0.4) is 0 Å². The summed E-state index contributed by atoms with van der Waals surface area (Å²) in [5, 5.41) is 5.03. The van der Waals surface area contributed by atoms with Gasteiger partial charge in [-0.25, -0.2) is 4.79 Å². The molecule has 2 amide bonds. The number of halogens is 1. The SMILES string of the molecule is O=C(N1CCOCC1)N1C2CCC1CC(n1cc(Cl)cn1)C2. The summed E-state index contributed by atoms with van der Waals surface area (Å²) in [5.74, 6) is 0. The van der Waals surface area contributed by atoms with E-state index >= 15 is 0 Å². The first-order chi connectivity index (χ1) is 10.7. The number of fused-ring (bicyclic) bond motifs is 2. The van der Waals surface area contributed by atoms with Crippen molar-refractivity contribution in [2.75, 3.05) is 26.3 Å². The van der Waals surface area contributed by atoms with Crippen LogP contribution in [0.5, 0.6) is 0 Å². The van der Waals surface area contributed by atoms with Crippen LogP contribution in [0.4, 0.5) is 4.79 Å². The number of piperidine rings is 1. The highest BCUT2D eigenvalue weighted by Gasteiger charge is 2.45. The fourth-order valence-corrected chi connectivity index (χ4v) is 4.25. The van der Waals surface area contributed by atoms with Crippen molar-refractivity contribution in [1.82, 2.24) is 19.6 Å². The number of carbonyl (C=O) groups excluding carboxylic acids is 1. The van der Waals surface area contributed by atoms with Gasteiger partial charge in [-0.1, -0.05) is 11.6 Å². The molecule has 2 unspecified atom stereocenters. The Balaban J connectivity index is 1.47. The summed E-state index contributed by atoms with van der Waals surface area (Å²) in [6.45, 7) is 2.74. The number of aromatic nitrogens is 2. The zero-order valence-electron chi connectivity index (χ0n) is 12.5. The molecule has 6 nitrogen and oxygen atoms in total. The third-order valence-corrected chi connectivity index (χ3v) is 5.35. The average molecular weight is 325 g/mol. The molecule has 3 fully saturated rings. The maximum Gasteiger partial charge on any atom is 0.320 e. The maximum absolute atomic E-state index is 12.8. The lowest BCUT2D eigenvalue weighted by Gasteiger charge is -2.42. The van der Waals surface area contributed by atoms with Crippen molar-refractivity contribution in [2.24, 2.45) is 0 Å². The van der Waals surface area contributed by atoms with Crippen molar-refractivity contribution in [2.45, 2.75) is 43.8 Å².